The number of piperazine rings is 1. The lowest BCUT2D eigenvalue weighted by molar-refractivity contribution is 0.121. The van der Waals surface area contributed by atoms with Crippen LogP contribution in [0.25, 0.3) is 10.6 Å². The molecule has 1 fully saturated rings. The highest BCUT2D eigenvalue weighted by molar-refractivity contribution is 7.13. The van der Waals surface area contributed by atoms with Gasteiger partial charge in [-0.2, -0.15) is 0 Å². The summed E-state index contributed by atoms with van der Waals surface area (Å²) < 4.78 is 0. The Balaban J connectivity index is 1.30. The smallest absolute Gasteiger partial charge is 0.123 e. The number of benzene rings is 2. The van der Waals surface area contributed by atoms with Crippen molar-refractivity contribution in [3.05, 3.63) is 75.8 Å². The van der Waals surface area contributed by atoms with Gasteiger partial charge in [0.2, 0.25) is 0 Å². The molecule has 3 aromatic rings. The molecule has 140 valence electrons. The third-order valence-electron chi connectivity index (χ3n) is 5.00. The average Bonchev–Trinajstić information content (AvgIpc) is 3.12. The maximum atomic E-state index is 6.10. The van der Waals surface area contributed by atoms with Gasteiger partial charge in [-0.3, -0.25) is 9.80 Å². The second-order valence-electron chi connectivity index (χ2n) is 7.19. The van der Waals surface area contributed by atoms with Crippen LogP contribution in [0.1, 0.15) is 16.8 Å². The van der Waals surface area contributed by atoms with E-state index < -0.39 is 0 Å². The molecule has 0 atom stereocenters. The molecule has 0 radical (unpaired) electrons. The van der Waals surface area contributed by atoms with Gasteiger partial charge in [0, 0.05) is 55.2 Å². The highest BCUT2D eigenvalue weighted by Gasteiger charge is 2.18. The van der Waals surface area contributed by atoms with E-state index in [1.807, 2.05) is 12.1 Å². The molecular formula is C22H24ClN3S. The second kappa shape index (κ2) is 8.53. The topological polar surface area (TPSA) is 19.4 Å². The van der Waals surface area contributed by atoms with Crippen LogP contribution in [-0.2, 0) is 13.1 Å². The molecule has 0 N–H and O–H groups in total. The zero-order chi connectivity index (χ0) is 18.6. The van der Waals surface area contributed by atoms with Crippen LogP contribution in [0.2, 0.25) is 5.02 Å². The van der Waals surface area contributed by atoms with Gasteiger partial charge in [0.1, 0.15) is 5.01 Å². The van der Waals surface area contributed by atoms with Gasteiger partial charge in [0.15, 0.2) is 0 Å². The van der Waals surface area contributed by atoms with E-state index >= 15 is 0 Å². The normalized spacial score (nSPS) is 15.9. The molecule has 0 saturated carbocycles. The zero-order valence-electron chi connectivity index (χ0n) is 15.6. The SMILES string of the molecule is Cc1ccc(-c2nc(CN3CCN(Cc4cccc(Cl)c4)CC3)cs2)cc1. The van der Waals surface area contributed by atoms with E-state index in [0.717, 1.165) is 49.3 Å². The maximum absolute atomic E-state index is 6.10. The number of halogens is 1. The number of hydrogen-bond donors (Lipinski definition) is 0. The molecule has 1 saturated heterocycles. The molecule has 27 heavy (non-hydrogen) atoms. The summed E-state index contributed by atoms with van der Waals surface area (Å²) in [6.07, 6.45) is 0. The van der Waals surface area contributed by atoms with Crippen molar-refractivity contribution in [1.82, 2.24) is 14.8 Å². The number of hydrogen-bond acceptors (Lipinski definition) is 4. The first-order valence-corrected chi connectivity index (χ1v) is 10.6. The number of aryl methyl sites for hydroxylation is 1. The molecular weight excluding hydrogens is 374 g/mol. The Morgan fingerprint density at radius 3 is 2.37 bits per heavy atom. The summed E-state index contributed by atoms with van der Waals surface area (Å²) in [5.41, 5.74) is 4.96. The summed E-state index contributed by atoms with van der Waals surface area (Å²) in [6.45, 7) is 8.36. The van der Waals surface area contributed by atoms with E-state index in [-0.39, 0.29) is 0 Å². The predicted octanol–water partition coefficient (Wildman–Crippen LogP) is 5.09. The van der Waals surface area contributed by atoms with E-state index in [4.69, 9.17) is 16.6 Å². The van der Waals surface area contributed by atoms with Gasteiger partial charge in [-0.25, -0.2) is 4.98 Å². The van der Waals surface area contributed by atoms with Crippen molar-refractivity contribution in [2.45, 2.75) is 20.0 Å². The van der Waals surface area contributed by atoms with Crippen LogP contribution in [0.4, 0.5) is 0 Å². The van der Waals surface area contributed by atoms with Gasteiger partial charge >= 0.3 is 0 Å². The zero-order valence-corrected chi connectivity index (χ0v) is 17.1. The summed E-state index contributed by atoms with van der Waals surface area (Å²) in [7, 11) is 0. The first-order valence-electron chi connectivity index (χ1n) is 9.36. The maximum Gasteiger partial charge on any atom is 0.123 e. The molecule has 0 bridgehead atoms. The lowest BCUT2D eigenvalue weighted by Crippen LogP contribution is -2.45. The Kier molecular flexibility index (Phi) is 5.89. The molecule has 1 aromatic heterocycles. The summed E-state index contributed by atoms with van der Waals surface area (Å²) in [4.78, 5) is 9.85. The lowest BCUT2D eigenvalue weighted by atomic mass is 10.2. The van der Waals surface area contributed by atoms with Crippen molar-refractivity contribution in [3.8, 4) is 10.6 Å². The lowest BCUT2D eigenvalue weighted by Gasteiger charge is -2.34. The minimum absolute atomic E-state index is 0.819. The van der Waals surface area contributed by atoms with Gasteiger partial charge in [0.05, 0.1) is 5.69 Å². The van der Waals surface area contributed by atoms with Crippen LogP contribution in [0, 0.1) is 6.92 Å². The summed E-state index contributed by atoms with van der Waals surface area (Å²) in [5.74, 6) is 0. The minimum atomic E-state index is 0.819. The third kappa shape index (κ3) is 4.96. The second-order valence-corrected chi connectivity index (χ2v) is 8.49. The van der Waals surface area contributed by atoms with Crippen LogP contribution < -0.4 is 0 Å². The third-order valence-corrected chi connectivity index (χ3v) is 6.17. The molecule has 0 spiro atoms. The van der Waals surface area contributed by atoms with E-state index in [9.17, 15) is 0 Å². The van der Waals surface area contributed by atoms with Gasteiger partial charge in [-0.05, 0) is 24.6 Å². The fourth-order valence-electron chi connectivity index (χ4n) is 3.44. The van der Waals surface area contributed by atoms with Crippen LogP contribution in [0.5, 0.6) is 0 Å². The van der Waals surface area contributed by atoms with Gasteiger partial charge in [0.25, 0.3) is 0 Å². The quantitative estimate of drug-likeness (QED) is 0.597. The fourth-order valence-corrected chi connectivity index (χ4v) is 4.47. The van der Waals surface area contributed by atoms with Crippen molar-refractivity contribution < 1.29 is 0 Å². The number of aromatic nitrogens is 1. The number of rotatable bonds is 5. The summed E-state index contributed by atoms with van der Waals surface area (Å²) >= 11 is 7.84. The molecule has 0 aliphatic carbocycles. The Morgan fingerprint density at radius 2 is 1.67 bits per heavy atom. The summed E-state index contributed by atoms with van der Waals surface area (Å²) in [5, 5.41) is 4.14. The molecule has 0 amide bonds. The van der Waals surface area contributed by atoms with E-state index in [2.05, 4.69) is 58.5 Å². The molecule has 1 aliphatic heterocycles. The Labute approximate surface area is 170 Å². The largest absolute Gasteiger partial charge is 0.297 e. The molecule has 5 heteroatoms. The van der Waals surface area contributed by atoms with E-state index in [0.29, 0.717) is 0 Å². The fraction of sp³-hybridized carbons (Fsp3) is 0.318. The molecule has 3 nitrogen and oxygen atoms in total. The number of nitrogens with zero attached hydrogens (tertiary/aromatic N) is 3. The Bertz CT molecular complexity index is 883. The highest BCUT2D eigenvalue weighted by Crippen LogP contribution is 2.25. The van der Waals surface area contributed by atoms with E-state index in [1.54, 1.807) is 11.3 Å². The van der Waals surface area contributed by atoms with Gasteiger partial charge in [-0.1, -0.05) is 53.6 Å². The van der Waals surface area contributed by atoms with Crippen LogP contribution >= 0.6 is 22.9 Å². The van der Waals surface area contributed by atoms with Crippen LogP contribution in [0.3, 0.4) is 0 Å². The molecule has 4 rings (SSSR count). The van der Waals surface area contributed by atoms with Crippen LogP contribution in [0.15, 0.2) is 53.9 Å². The van der Waals surface area contributed by atoms with Crippen molar-refractivity contribution in [1.29, 1.82) is 0 Å². The first kappa shape index (κ1) is 18.6. The molecule has 2 aromatic carbocycles. The van der Waals surface area contributed by atoms with Crippen molar-refractivity contribution in [3.63, 3.8) is 0 Å². The standard InChI is InChI=1S/C22H24ClN3S/c1-17-5-7-19(8-6-17)22-24-21(16-27-22)15-26-11-9-25(10-12-26)14-18-3-2-4-20(23)13-18/h2-8,13,16H,9-12,14-15H2,1H3. The Morgan fingerprint density at radius 1 is 0.963 bits per heavy atom. The van der Waals surface area contributed by atoms with E-state index in [1.165, 1.54) is 22.4 Å². The number of thiazole rings is 1. The molecule has 0 unspecified atom stereocenters. The van der Waals surface area contributed by atoms with Gasteiger partial charge < -0.3 is 0 Å². The van der Waals surface area contributed by atoms with Crippen molar-refractivity contribution in [2.75, 3.05) is 26.2 Å². The monoisotopic (exact) mass is 397 g/mol. The minimum Gasteiger partial charge on any atom is -0.297 e. The first-order chi connectivity index (χ1) is 13.2. The molecule has 1 aliphatic rings. The predicted molar refractivity (Wildman–Crippen MR) is 114 cm³/mol. The van der Waals surface area contributed by atoms with Gasteiger partial charge in [-0.15, -0.1) is 11.3 Å². The van der Waals surface area contributed by atoms with Crippen molar-refractivity contribution in [2.24, 2.45) is 0 Å². The van der Waals surface area contributed by atoms with Crippen molar-refractivity contribution >= 4 is 22.9 Å². The molecule has 2 heterocycles. The summed E-state index contributed by atoms with van der Waals surface area (Å²) in [6, 6.07) is 16.8. The highest BCUT2D eigenvalue weighted by atomic mass is 35.5. The average molecular weight is 398 g/mol. The van der Waals surface area contributed by atoms with Crippen LogP contribution in [-0.4, -0.2) is 41.0 Å². The Hall–Kier alpha value is -1.72.